The van der Waals surface area contributed by atoms with Gasteiger partial charge in [0.25, 0.3) is 5.69 Å². The number of hydrogen-bond donors (Lipinski definition) is 1. The van der Waals surface area contributed by atoms with Gasteiger partial charge in [-0.25, -0.2) is 13.1 Å². The highest BCUT2D eigenvalue weighted by Crippen LogP contribution is 2.40. The summed E-state index contributed by atoms with van der Waals surface area (Å²) in [5.74, 6) is 0.254. The monoisotopic (exact) mass is 403 g/mol. The highest BCUT2D eigenvalue weighted by atomic mass is 32.2. The van der Waals surface area contributed by atoms with Crippen LogP contribution in [0.15, 0.2) is 53.4 Å². The Morgan fingerprint density at radius 2 is 1.96 bits per heavy atom. The first kappa shape index (κ1) is 20.3. The molecule has 1 N–H and O–H groups in total. The van der Waals surface area contributed by atoms with E-state index in [9.17, 15) is 18.5 Å². The lowest BCUT2D eigenvalue weighted by Crippen LogP contribution is -2.35. The SMILES string of the molecule is CC[C@@H](c1ccccc1)[C@H]1CCCN1c1ccc(S(=O)(=O)NC)cc1[N+](=O)[O-]. The Labute approximate surface area is 165 Å². The van der Waals surface area contributed by atoms with Crippen LogP contribution in [0, 0.1) is 10.1 Å². The Bertz CT molecular complexity index is 947. The van der Waals surface area contributed by atoms with E-state index in [-0.39, 0.29) is 22.5 Å². The Kier molecular flexibility index (Phi) is 6.00. The van der Waals surface area contributed by atoms with Crippen LogP contribution in [0.5, 0.6) is 0 Å². The zero-order chi connectivity index (χ0) is 20.3. The largest absolute Gasteiger partial charge is 0.362 e. The maximum Gasteiger partial charge on any atom is 0.293 e. The van der Waals surface area contributed by atoms with Crippen LogP contribution in [0.1, 0.15) is 37.7 Å². The molecule has 0 aliphatic carbocycles. The Balaban J connectivity index is 2.03. The molecule has 1 saturated heterocycles. The predicted octanol–water partition coefficient (Wildman–Crippen LogP) is 3.67. The summed E-state index contributed by atoms with van der Waals surface area (Å²) in [5.41, 5.74) is 1.53. The number of nitro groups is 1. The minimum atomic E-state index is -3.74. The first-order valence-electron chi connectivity index (χ1n) is 9.42. The number of nitrogens with zero attached hydrogens (tertiary/aromatic N) is 2. The Morgan fingerprint density at radius 3 is 2.57 bits per heavy atom. The second-order valence-electron chi connectivity index (χ2n) is 6.94. The summed E-state index contributed by atoms with van der Waals surface area (Å²) in [5, 5.41) is 11.7. The van der Waals surface area contributed by atoms with Crippen molar-refractivity contribution in [2.24, 2.45) is 0 Å². The van der Waals surface area contributed by atoms with Gasteiger partial charge in [0.2, 0.25) is 10.0 Å². The average molecular weight is 404 g/mol. The summed E-state index contributed by atoms with van der Waals surface area (Å²) in [7, 11) is -2.46. The van der Waals surface area contributed by atoms with Gasteiger partial charge < -0.3 is 4.90 Å². The second kappa shape index (κ2) is 8.28. The lowest BCUT2D eigenvalue weighted by atomic mass is 9.87. The van der Waals surface area contributed by atoms with Crippen molar-refractivity contribution >= 4 is 21.4 Å². The summed E-state index contributed by atoms with van der Waals surface area (Å²) in [6, 6.07) is 14.5. The van der Waals surface area contributed by atoms with Crippen molar-refractivity contribution < 1.29 is 13.3 Å². The predicted molar refractivity (Wildman–Crippen MR) is 109 cm³/mol. The summed E-state index contributed by atoms with van der Waals surface area (Å²) < 4.78 is 26.3. The van der Waals surface area contributed by atoms with Crippen molar-refractivity contribution in [3.63, 3.8) is 0 Å². The van der Waals surface area contributed by atoms with E-state index in [4.69, 9.17) is 0 Å². The fourth-order valence-corrected chi connectivity index (χ4v) is 4.87. The zero-order valence-corrected chi connectivity index (χ0v) is 16.9. The van der Waals surface area contributed by atoms with E-state index in [1.807, 2.05) is 18.2 Å². The molecule has 1 aliphatic heterocycles. The van der Waals surface area contributed by atoms with Crippen molar-refractivity contribution in [3.05, 3.63) is 64.2 Å². The third-order valence-electron chi connectivity index (χ3n) is 5.46. The van der Waals surface area contributed by atoms with Crippen molar-refractivity contribution in [3.8, 4) is 0 Å². The highest BCUT2D eigenvalue weighted by Gasteiger charge is 2.35. The smallest absolute Gasteiger partial charge is 0.293 e. The van der Waals surface area contributed by atoms with Gasteiger partial charge in [0.05, 0.1) is 9.82 Å². The van der Waals surface area contributed by atoms with E-state index in [2.05, 4.69) is 28.7 Å². The molecule has 0 spiro atoms. The van der Waals surface area contributed by atoms with Gasteiger partial charge in [-0.1, -0.05) is 37.3 Å². The average Bonchev–Trinajstić information content (AvgIpc) is 3.18. The summed E-state index contributed by atoms with van der Waals surface area (Å²) >= 11 is 0. The minimum Gasteiger partial charge on any atom is -0.362 e. The fourth-order valence-electron chi connectivity index (χ4n) is 4.12. The summed E-state index contributed by atoms with van der Waals surface area (Å²) in [6.45, 7) is 2.85. The number of nitro benzene ring substituents is 1. The lowest BCUT2D eigenvalue weighted by molar-refractivity contribution is -0.384. The quantitative estimate of drug-likeness (QED) is 0.562. The number of sulfonamides is 1. The minimum absolute atomic E-state index is 0.101. The Hall–Kier alpha value is -2.45. The molecule has 0 unspecified atom stereocenters. The van der Waals surface area contributed by atoms with Gasteiger partial charge >= 0.3 is 0 Å². The first-order valence-corrected chi connectivity index (χ1v) is 10.9. The number of anilines is 1. The van der Waals surface area contributed by atoms with Crippen molar-refractivity contribution in [1.29, 1.82) is 0 Å². The van der Waals surface area contributed by atoms with E-state index in [0.29, 0.717) is 12.2 Å². The van der Waals surface area contributed by atoms with Crippen LogP contribution in [0.4, 0.5) is 11.4 Å². The molecule has 2 atom stereocenters. The van der Waals surface area contributed by atoms with Crippen LogP contribution in [0.3, 0.4) is 0 Å². The van der Waals surface area contributed by atoms with Gasteiger partial charge in [0, 0.05) is 24.6 Å². The molecule has 1 aliphatic rings. The van der Waals surface area contributed by atoms with Crippen LogP contribution in [0.25, 0.3) is 0 Å². The van der Waals surface area contributed by atoms with Gasteiger partial charge in [-0.15, -0.1) is 0 Å². The molecule has 1 fully saturated rings. The normalized spacial score (nSPS) is 18.2. The van der Waals surface area contributed by atoms with E-state index in [0.717, 1.165) is 25.3 Å². The molecule has 28 heavy (non-hydrogen) atoms. The van der Waals surface area contributed by atoms with Crippen molar-refractivity contribution in [2.45, 2.75) is 43.0 Å². The molecule has 3 rings (SSSR count). The summed E-state index contributed by atoms with van der Waals surface area (Å²) in [6.07, 6.45) is 2.81. The standard InChI is InChI=1S/C20H25N3O4S/c1-3-17(15-8-5-4-6-9-15)18-10-7-13-22(18)19-12-11-16(28(26,27)21-2)14-20(19)23(24)25/h4-6,8-9,11-12,14,17-18,21H,3,7,10,13H2,1-2H3/t17-,18+/m0/s1. The molecule has 1 heterocycles. The lowest BCUT2D eigenvalue weighted by Gasteiger charge is -2.33. The molecule has 0 bridgehead atoms. The molecular weight excluding hydrogens is 378 g/mol. The maximum atomic E-state index is 12.1. The third kappa shape index (κ3) is 3.88. The molecule has 8 heteroatoms. The van der Waals surface area contributed by atoms with Crippen molar-refractivity contribution in [2.75, 3.05) is 18.5 Å². The molecule has 7 nitrogen and oxygen atoms in total. The van der Waals surface area contributed by atoms with Gasteiger partial charge in [-0.3, -0.25) is 10.1 Å². The molecular formula is C20H25N3O4S. The topological polar surface area (TPSA) is 92.6 Å². The third-order valence-corrected chi connectivity index (χ3v) is 6.88. The van der Waals surface area contributed by atoms with Crippen LogP contribution in [-0.4, -0.2) is 33.0 Å². The van der Waals surface area contributed by atoms with E-state index < -0.39 is 14.9 Å². The molecule has 2 aromatic rings. The van der Waals surface area contributed by atoms with Gasteiger partial charge in [-0.05, 0) is 44.0 Å². The van der Waals surface area contributed by atoms with Crippen LogP contribution in [0.2, 0.25) is 0 Å². The van der Waals surface area contributed by atoms with Gasteiger partial charge in [-0.2, -0.15) is 0 Å². The maximum absolute atomic E-state index is 12.1. The molecule has 0 radical (unpaired) electrons. The highest BCUT2D eigenvalue weighted by molar-refractivity contribution is 7.89. The number of nitrogens with one attached hydrogen (secondary N) is 1. The second-order valence-corrected chi connectivity index (χ2v) is 8.83. The molecule has 150 valence electrons. The fraction of sp³-hybridized carbons (Fsp3) is 0.400. The molecule has 0 amide bonds. The van der Waals surface area contributed by atoms with E-state index in [1.165, 1.54) is 18.7 Å². The van der Waals surface area contributed by atoms with E-state index in [1.54, 1.807) is 6.07 Å². The molecule has 0 saturated carbocycles. The van der Waals surface area contributed by atoms with E-state index >= 15 is 0 Å². The number of benzene rings is 2. The summed E-state index contributed by atoms with van der Waals surface area (Å²) in [4.78, 5) is 13.2. The number of hydrogen-bond acceptors (Lipinski definition) is 5. The van der Waals surface area contributed by atoms with Gasteiger partial charge in [0.15, 0.2) is 0 Å². The van der Waals surface area contributed by atoms with Crippen LogP contribution in [-0.2, 0) is 10.0 Å². The molecule has 2 aromatic carbocycles. The van der Waals surface area contributed by atoms with Gasteiger partial charge in [0.1, 0.15) is 5.69 Å². The van der Waals surface area contributed by atoms with Crippen LogP contribution >= 0.6 is 0 Å². The Morgan fingerprint density at radius 1 is 1.25 bits per heavy atom. The molecule has 0 aromatic heterocycles. The zero-order valence-electron chi connectivity index (χ0n) is 16.0. The number of rotatable bonds is 7. The van der Waals surface area contributed by atoms with Crippen molar-refractivity contribution in [1.82, 2.24) is 4.72 Å². The van der Waals surface area contributed by atoms with Crippen LogP contribution < -0.4 is 9.62 Å². The first-order chi connectivity index (χ1) is 13.4.